The van der Waals surface area contributed by atoms with Gasteiger partial charge in [0.05, 0.1) is 0 Å². The van der Waals surface area contributed by atoms with Crippen LogP contribution in [0.25, 0.3) is 11.0 Å². The van der Waals surface area contributed by atoms with Crippen molar-refractivity contribution < 1.29 is 9.46 Å². The lowest BCUT2D eigenvalue weighted by molar-refractivity contribution is -0.623. The standard InChI is InChI=1S/C15H12ClN3O2/c1-10-15(17-12-8-6-11(16)7-9-12)19(21)14-5-3-2-4-13(14)18(10)20/h2-9,17H,1H3. The molecule has 0 spiro atoms. The van der Waals surface area contributed by atoms with Crippen molar-refractivity contribution in [2.24, 2.45) is 0 Å². The highest BCUT2D eigenvalue weighted by molar-refractivity contribution is 6.30. The molecule has 1 aromatic heterocycles. The van der Waals surface area contributed by atoms with Crippen molar-refractivity contribution in [2.45, 2.75) is 6.92 Å². The molecular weight excluding hydrogens is 290 g/mol. The first kappa shape index (κ1) is 13.5. The zero-order valence-electron chi connectivity index (χ0n) is 11.2. The van der Waals surface area contributed by atoms with E-state index in [0.717, 1.165) is 9.46 Å². The Balaban J connectivity index is 2.16. The van der Waals surface area contributed by atoms with Gasteiger partial charge in [0.25, 0.3) is 11.2 Å². The number of hydrogen-bond donors (Lipinski definition) is 1. The molecule has 0 fully saturated rings. The van der Waals surface area contributed by atoms with E-state index in [0.29, 0.717) is 27.4 Å². The van der Waals surface area contributed by atoms with Gasteiger partial charge in [-0.2, -0.15) is 4.73 Å². The second kappa shape index (κ2) is 5.10. The molecule has 0 aliphatic heterocycles. The predicted molar refractivity (Wildman–Crippen MR) is 81.3 cm³/mol. The summed E-state index contributed by atoms with van der Waals surface area (Å²) in [4.78, 5) is 0. The third kappa shape index (κ3) is 2.32. The molecule has 0 atom stereocenters. The van der Waals surface area contributed by atoms with Gasteiger partial charge >= 0.3 is 5.82 Å². The molecule has 2 aromatic carbocycles. The molecule has 106 valence electrons. The monoisotopic (exact) mass is 301 g/mol. The zero-order valence-corrected chi connectivity index (χ0v) is 12.0. The van der Waals surface area contributed by atoms with Crippen molar-refractivity contribution in [1.82, 2.24) is 0 Å². The third-order valence-electron chi connectivity index (χ3n) is 3.28. The smallest absolute Gasteiger partial charge is 0.352 e. The molecule has 0 saturated carbocycles. The summed E-state index contributed by atoms with van der Waals surface area (Å²) in [6.45, 7) is 1.60. The fourth-order valence-electron chi connectivity index (χ4n) is 2.16. The molecule has 0 unspecified atom stereocenters. The lowest BCUT2D eigenvalue weighted by Crippen LogP contribution is -2.43. The minimum Gasteiger partial charge on any atom is -0.710 e. The van der Waals surface area contributed by atoms with Crippen LogP contribution < -0.4 is 14.8 Å². The second-order valence-electron chi connectivity index (χ2n) is 4.64. The number of fused-ring (bicyclic) bond motifs is 1. The van der Waals surface area contributed by atoms with Gasteiger partial charge in [-0.3, -0.25) is 0 Å². The third-order valence-corrected chi connectivity index (χ3v) is 3.53. The summed E-state index contributed by atoms with van der Waals surface area (Å²) in [6.07, 6.45) is 0. The molecule has 0 radical (unpaired) electrons. The van der Waals surface area contributed by atoms with Crippen LogP contribution in [0.15, 0.2) is 48.5 Å². The van der Waals surface area contributed by atoms with Crippen LogP contribution in [0.5, 0.6) is 0 Å². The van der Waals surface area contributed by atoms with Gasteiger partial charge in [0.2, 0.25) is 5.52 Å². The van der Waals surface area contributed by atoms with Crippen LogP contribution >= 0.6 is 11.6 Å². The summed E-state index contributed by atoms with van der Waals surface area (Å²) in [5.74, 6) is 0.200. The van der Waals surface area contributed by atoms with E-state index in [-0.39, 0.29) is 5.82 Å². The van der Waals surface area contributed by atoms with Crippen molar-refractivity contribution in [1.29, 1.82) is 0 Å². The topological polar surface area (TPSA) is 65.9 Å². The Morgan fingerprint density at radius 2 is 1.48 bits per heavy atom. The van der Waals surface area contributed by atoms with Gasteiger partial charge in [-0.25, -0.2) is 10.0 Å². The lowest BCUT2D eigenvalue weighted by Gasteiger charge is -2.14. The maximum atomic E-state index is 12.4. The number of para-hydroxylation sites is 2. The molecule has 0 saturated heterocycles. The number of anilines is 2. The van der Waals surface area contributed by atoms with Gasteiger partial charge in [-0.15, -0.1) is 0 Å². The Bertz CT molecular complexity index is 819. The average molecular weight is 302 g/mol. The SMILES string of the molecule is Cc1c(Nc2ccc(Cl)cc2)[n+]([O-])c2ccccc2[n+]1[O-]. The van der Waals surface area contributed by atoms with E-state index >= 15 is 0 Å². The lowest BCUT2D eigenvalue weighted by atomic mass is 10.2. The summed E-state index contributed by atoms with van der Waals surface area (Å²) in [7, 11) is 0. The number of hydrogen-bond acceptors (Lipinski definition) is 3. The fraction of sp³-hybridized carbons (Fsp3) is 0.0667. The summed E-state index contributed by atoms with van der Waals surface area (Å²) in [6, 6.07) is 13.6. The Morgan fingerprint density at radius 1 is 0.905 bits per heavy atom. The highest BCUT2D eigenvalue weighted by Gasteiger charge is 2.22. The summed E-state index contributed by atoms with van der Waals surface area (Å²) in [5.41, 5.74) is 1.64. The number of nitrogens with zero attached hydrogens (tertiary/aromatic N) is 2. The van der Waals surface area contributed by atoms with Crippen molar-refractivity contribution in [3.8, 4) is 0 Å². The molecule has 1 heterocycles. The first-order valence-corrected chi connectivity index (χ1v) is 6.73. The van der Waals surface area contributed by atoms with E-state index in [2.05, 4.69) is 5.32 Å². The van der Waals surface area contributed by atoms with E-state index in [1.807, 2.05) is 0 Å². The Hall–Kier alpha value is -2.53. The van der Waals surface area contributed by atoms with Gasteiger partial charge in [0.15, 0.2) is 0 Å². The van der Waals surface area contributed by atoms with Crippen LogP contribution in [0.3, 0.4) is 0 Å². The molecule has 1 N–H and O–H groups in total. The number of rotatable bonds is 2. The highest BCUT2D eigenvalue weighted by atomic mass is 35.5. The molecule has 0 bridgehead atoms. The molecular formula is C15H12ClN3O2. The minimum absolute atomic E-state index is 0.200. The summed E-state index contributed by atoms with van der Waals surface area (Å²) >= 11 is 5.83. The Kier molecular flexibility index (Phi) is 3.27. The van der Waals surface area contributed by atoms with Gasteiger partial charge in [0, 0.05) is 18.0 Å². The maximum Gasteiger partial charge on any atom is 0.352 e. The second-order valence-corrected chi connectivity index (χ2v) is 5.08. The number of nitrogens with one attached hydrogen (secondary N) is 1. The number of halogens is 1. The van der Waals surface area contributed by atoms with Crippen LogP contribution in [0.4, 0.5) is 11.5 Å². The van der Waals surface area contributed by atoms with Crippen LogP contribution in [0.2, 0.25) is 5.02 Å². The summed E-state index contributed by atoms with van der Waals surface area (Å²) in [5, 5.41) is 28.3. The van der Waals surface area contributed by atoms with E-state index in [9.17, 15) is 10.4 Å². The average Bonchev–Trinajstić information content (AvgIpc) is 2.51. The Morgan fingerprint density at radius 3 is 2.10 bits per heavy atom. The van der Waals surface area contributed by atoms with Crippen molar-refractivity contribution in [2.75, 3.05) is 5.32 Å². The van der Waals surface area contributed by atoms with E-state index < -0.39 is 0 Å². The van der Waals surface area contributed by atoms with E-state index in [1.54, 1.807) is 55.5 Å². The zero-order chi connectivity index (χ0) is 15.0. The number of benzene rings is 2. The van der Waals surface area contributed by atoms with E-state index in [1.165, 1.54) is 0 Å². The van der Waals surface area contributed by atoms with Crippen LogP contribution in [0.1, 0.15) is 5.69 Å². The van der Waals surface area contributed by atoms with Gasteiger partial charge in [-0.05, 0) is 30.3 Å². The van der Waals surface area contributed by atoms with E-state index in [4.69, 9.17) is 11.6 Å². The minimum atomic E-state index is 0.200. The molecule has 21 heavy (non-hydrogen) atoms. The van der Waals surface area contributed by atoms with Crippen LogP contribution in [-0.2, 0) is 0 Å². The van der Waals surface area contributed by atoms with Gasteiger partial charge in [0.1, 0.15) is 5.69 Å². The largest absolute Gasteiger partial charge is 0.710 e. The molecule has 5 nitrogen and oxygen atoms in total. The van der Waals surface area contributed by atoms with Gasteiger partial charge in [-0.1, -0.05) is 23.7 Å². The summed E-state index contributed by atoms with van der Waals surface area (Å²) < 4.78 is 1.48. The Labute approximate surface area is 126 Å². The van der Waals surface area contributed by atoms with Crippen LogP contribution in [-0.4, -0.2) is 0 Å². The van der Waals surface area contributed by atoms with Gasteiger partial charge < -0.3 is 10.4 Å². The van der Waals surface area contributed by atoms with Crippen LogP contribution in [0, 0.1) is 17.3 Å². The first-order chi connectivity index (χ1) is 10.1. The van der Waals surface area contributed by atoms with Crippen molar-refractivity contribution in [3.05, 3.63) is 69.7 Å². The first-order valence-electron chi connectivity index (χ1n) is 6.35. The molecule has 3 rings (SSSR count). The fourth-order valence-corrected chi connectivity index (χ4v) is 2.29. The number of aromatic nitrogens is 2. The molecule has 3 aromatic rings. The molecule has 6 heteroatoms. The van der Waals surface area contributed by atoms with Crippen molar-refractivity contribution >= 4 is 34.1 Å². The van der Waals surface area contributed by atoms with Crippen molar-refractivity contribution in [3.63, 3.8) is 0 Å². The molecule has 0 amide bonds. The predicted octanol–water partition coefficient (Wildman–Crippen LogP) is 2.81. The molecule has 0 aliphatic carbocycles. The maximum absolute atomic E-state index is 12.4. The normalized spacial score (nSPS) is 10.8. The quantitative estimate of drug-likeness (QED) is 0.584. The molecule has 0 aliphatic rings. The highest BCUT2D eigenvalue weighted by Crippen LogP contribution is 2.19.